The second-order valence-corrected chi connectivity index (χ2v) is 5.77. The van der Waals surface area contributed by atoms with Crippen molar-refractivity contribution in [2.75, 3.05) is 25.0 Å². The predicted octanol–water partition coefficient (Wildman–Crippen LogP) is 2.54. The monoisotopic (exact) mass is 441 g/mol. The maximum absolute atomic E-state index is 5.20. The van der Waals surface area contributed by atoms with E-state index in [1.165, 1.54) is 5.69 Å². The highest BCUT2D eigenvalue weighted by Gasteiger charge is 2.23. The number of para-hydroxylation sites is 1. The SMILES string of the molecule is CN=C(NCc1cc(C)no1)NC1CCN(c2ccccc2)C1.I. The fourth-order valence-electron chi connectivity index (χ4n) is 2.81. The van der Waals surface area contributed by atoms with Crippen LogP contribution in [-0.2, 0) is 6.54 Å². The zero-order chi connectivity index (χ0) is 16.1. The number of aromatic nitrogens is 1. The Hall–Kier alpha value is -1.77. The maximum Gasteiger partial charge on any atom is 0.191 e. The first-order chi connectivity index (χ1) is 11.2. The van der Waals surface area contributed by atoms with Gasteiger partial charge in [-0.05, 0) is 25.5 Å². The smallest absolute Gasteiger partial charge is 0.191 e. The van der Waals surface area contributed by atoms with Gasteiger partial charge in [0.05, 0.1) is 12.2 Å². The van der Waals surface area contributed by atoms with Crippen LogP contribution in [-0.4, -0.2) is 37.3 Å². The lowest BCUT2D eigenvalue weighted by molar-refractivity contribution is 0.376. The summed E-state index contributed by atoms with van der Waals surface area (Å²) in [5, 5.41) is 10.6. The number of nitrogens with one attached hydrogen (secondary N) is 2. The van der Waals surface area contributed by atoms with Crippen molar-refractivity contribution in [2.45, 2.75) is 25.9 Å². The molecule has 1 saturated heterocycles. The first-order valence-corrected chi connectivity index (χ1v) is 7.94. The van der Waals surface area contributed by atoms with E-state index in [0.29, 0.717) is 12.6 Å². The molecule has 3 rings (SSSR count). The molecule has 0 spiro atoms. The lowest BCUT2D eigenvalue weighted by atomic mass is 10.3. The third-order valence-corrected chi connectivity index (χ3v) is 3.98. The molecular weight excluding hydrogens is 417 g/mol. The van der Waals surface area contributed by atoms with Gasteiger partial charge >= 0.3 is 0 Å². The molecule has 2 aromatic rings. The van der Waals surface area contributed by atoms with Crippen LogP contribution >= 0.6 is 24.0 Å². The molecule has 7 heteroatoms. The number of rotatable bonds is 4. The van der Waals surface area contributed by atoms with Gasteiger partial charge in [0.2, 0.25) is 0 Å². The number of halogens is 1. The summed E-state index contributed by atoms with van der Waals surface area (Å²) in [4.78, 5) is 6.68. The van der Waals surface area contributed by atoms with Crippen molar-refractivity contribution in [1.29, 1.82) is 0 Å². The summed E-state index contributed by atoms with van der Waals surface area (Å²) < 4.78 is 5.20. The fraction of sp³-hybridized carbons (Fsp3) is 0.412. The number of aliphatic imine (C=N–C) groups is 1. The van der Waals surface area contributed by atoms with Crippen LogP contribution in [0.2, 0.25) is 0 Å². The number of guanidine groups is 1. The summed E-state index contributed by atoms with van der Waals surface area (Å²) in [6, 6.07) is 12.8. The van der Waals surface area contributed by atoms with Crippen LogP contribution in [0.4, 0.5) is 5.69 Å². The van der Waals surface area contributed by atoms with Gasteiger partial charge in [-0.3, -0.25) is 4.99 Å². The quantitative estimate of drug-likeness (QED) is 0.434. The van der Waals surface area contributed by atoms with Gasteiger partial charge in [0.15, 0.2) is 11.7 Å². The summed E-state index contributed by atoms with van der Waals surface area (Å²) in [6.45, 7) is 4.53. The largest absolute Gasteiger partial charge is 0.369 e. The molecule has 1 atom stereocenters. The van der Waals surface area contributed by atoms with E-state index in [-0.39, 0.29) is 24.0 Å². The van der Waals surface area contributed by atoms with Crippen molar-refractivity contribution in [3.05, 3.63) is 47.9 Å². The maximum atomic E-state index is 5.20. The van der Waals surface area contributed by atoms with Gasteiger partial charge in [0.25, 0.3) is 0 Å². The molecule has 1 aliphatic rings. The first kappa shape index (κ1) is 18.6. The van der Waals surface area contributed by atoms with Crippen molar-refractivity contribution >= 4 is 35.6 Å². The van der Waals surface area contributed by atoms with Crippen LogP contribution in [0.5, 0.6) is 0 Å². The third kappa shape index (κ3) is 4.86. The summed E-state index contributed by atoms with van der Waals surface area (Å²) in [5.41, 5.74) is 2.16. The standard InChI is InChI=1S/C17H23N5O.HI/c1-13-10-16(23-21-13)11-19-17(18-2)20-14-8-9-22(12-14)15-6-4-3-5-7-15;/h3-7,10,14H,8-9,11-12H2,1-2H3,(H2,18,19,20);1H. The average molecular weight is 441 g/mol. The van der Waals surface area contributed by atoms with E-state index in [9.17, 15) is 0 Å². The molecule has 0 saturated carbocycles. The minimum absolute atomic E-state index is 0. The zero-order valence-electron chi connectivity index (χ0n) is 14.0. The lowest BCUT2D eigenvalue weighted by Crippen LogP contribution is -2.44. The average Bonchev–Trinajstić information content (AvgIpc) is 3.21. The minimum atomic E-state index is 0. The Morgan fingerprint density at radius 3 is 2.83 bits per heavy atom. The molecule has 1 unspecified atom stereocenters. The summed E-state index contributed by atoms with van der Waals surface area (Å²) in [6.07, 6.45) is 1.09. The Bertz CT molecular complexity index is 658. The van der Waals surface area contributed by atoms with Crippen molar-refractivity contribution in [3.8, 4) is 0 Å². The molecule has 2 N–H and O–H groups in total. The number of anilines is 1. The summed E-state index contributed by atoms with van der Waals surface area (Å²) >= 11 is 0. The molecule has 2 heterocycles. The van der Waals surface area contributed by atoms with Crippen LogP contribution in [0.3, 0.4) is 0 Å². The Morgan fingerprint density at radius 2 is 2.17 bits per heavy atom. The first-order valence-electron chi connectivity index (χ1n) is 7.94. The van der Waals surface area contributed by atoms with Crippen molar-refractivity contribution in [2.24, 2.45) is 4.99 Å². The Morgan fingerprint density at radius 1 is 1.38 bits per heavy atom. The zero-order valence-corrected chi connectivity index (χ0v) is 16.4. The molecule has 24 heavy (non-hydrogen) atoms. The van der Waals surface area contributed by atoms with E-state index in [1.54, 1.807) is 7.05 Å². The van der Waals surface area contributed by atoms with Gasteiger partial charge in [-0.15, -0.1) is 24.0 Å². The molecule has 6 nitrogen and oxygen atoms in total. The highest BCUT2D eigenvalue weighted by molar-refractivity contribution is 14.0. The third-order valence-electron chi connectivity index (χ3n) is 3.98. The molecule has 1 aromatic carbocycles. The number of aryl methyl sites for hydroxylation is 1. The van der Waals surface area contributed by atoms with Crippen LogP contribution in [0.15, 0.2) is 45.9 Å². The molecule has 1 aromatic heterocycles. The summed E-state index contributed by atoms with van der Waals surface area (Å²) in [5.74, 6) is 1.60. The number of nitrogens with zero attached hydrogens (tertiary/aromatic N) is 3. The second kappa shape index (κ2) is 8.91. The van der Waals surface area contributed by atoms with Gasteiger partial charge in [0.1, 0.15) is 0 Å². The van der Waals surface area contributed by atoms with Crippen molar-refractivity contribution in [3.63, 3.8) is 0 Å². The van der Waals surface area contributed by atoms with Crippen LogP contribution < -0.4 is 15.5 Å². The molecule has 1 fully saturated rings. The molecular formula is C17H24IN5O. The highest BCUT2D eigenvalue weighted by Crippen LogP contribution is 2.19. The molecule has 0 amide bonds. The minimum Gasteiger partial charge on any atom is -0.369 e. The fourth-order valence-corrected chi connectivity index (χ4v) is 2.81. The van der Waals surface area contributed by atoms with Crippen molar-refractivity contribution in [1.82, 2.24) is 15.8 Å². The molecule has 130 valence electrons. The van der Waals surface area contributed by atoms with Gasteiger partial charge in [-0.25, -0.2) is 0 Å². The van der Waals surface area contributed by atoms with E-state index in [1.807, 2.05) is 19.1 Å². The number of hydrogen-bond donors (Lipinski definition) is 2. The van der Waals surface area contributed by atoms with Gasteiger partial charge in [-0.2, -0.15) is 0 Å². The second-order valence-electron chi connectivity index (χ2n) is 5.77. The van der Waals surface area contributed by atoms with Gasteiger partial charge in [0, 0.05) is 37.9 Å². The molecule has 0 aliphatic carbocycles. The summed E-state index contributed by atoms with van der Waals surface area (Å²) in [7, 11) is 1.78. The van der Waals surface area contributed by atoms with E-state index >= 15 is 0 Å². The van der Waals surface area contributed by atoms with E-state index in [0.717, 1.165) is 36.9 Å². The van der Waals surface area contributed by atoms with Gasteiger partial charge < -0.3 is 20.1 Å². The highest BCUT2D eigenvalue weighted by atomic mass is 127. The Kier molecular flexibility index (Phi) is 6.89. The lowest BCUT2D eigenvalue weighted by Gasteiger charge is -2.20. The van der Waals surface area contributed by atoms with E-state index < -0.39 is 0 Å². The Labute approximate surface area is 159 Å². The topological polar surface area (TPSA) is 65.7 Å². The van der Waals surface area contributed by atoms with Crippen LogP contribution in [0.25, 0.3) is 0 Å². The molecule has 0 bridgehead atoms. The van der Waals surface area contributed by atoms with Crippen molar-refractivity contribution < 1.29 is 4.52 Å². The van der Waals surface area contributed by atoms with Crippen LogP contribution in [0.1, 0.15) is 17.9 Å². The number of benzene rings is 1. The Balaban J connectivity index is 0.00000208. The van der Waals surface area contributed by atoms with Gasteiger partial charge in [-0.1, -0.05) is 23.4 Å². The molecule has 0 radical (unpaired) electrons. The molecule has 1 aliphatic heterocycles. The predicted molar refractivity (Wildman–Crippen MR) is 107 cm³/mol. The number of hydrogen-bond acceptors (Lipinski definition) is 4. The van der Waals surface area contributed by atoms with Crippen LogP contribution in [0, 0.1) is 6.92 Å². The van der Waals surface area contributed by atoms with E-state index in [2.05, 4.69) is 49.9 Å². The van der Waals surface area contributed by atoms with E-state index in [4.69, 9.17) is 4.52 Å². The normalized spacial score (nSPS) is 17.5.